The van der Waals surface area contributed by atoms with Crippen LogP contribution in [0.1, 0.15) is 39.5 Å². The van der Waals surface area contributed by atoms with Gasteiger partial charge >= 0.3 is 0 Å². The van der Waals surface area contributed by atoms with Gasteiger partial charge < -0.3 is 10.1 Å². The number of hydrogen-bond acceptors (Lipinski definition) is 4. The van der Waals surface area contributed by atoms with E-state index in [1.165, 1.54) is 0 Å². The monoisotopic (exact) mass is 293 g/mol. The Morgan fingerprint density at radius 2 is 2.24 bits per heavy atom. The molecule has 0 spiro atoms. The molecule has 0 aromatic rings. The Hall–Kier alpha value is -1.12. The van der Waals surface area contributed by atoms with Crippen LogP contribution in [-0.4, -0.2) is 49.2 Å². The zero-order valence-electron chi connectivity index (χ0n) is 13.2. The molecule has 1 aliphatic heterocycles. The fourth-order valence-corrected chi connectivity index (χ4v) is 3.65. The molecule has 0 radical (unpaired) electrons. The topological polar surface area (TPSA) is 65.4 Å². The lowest BCUT2D eigenvalue weighted by Crippen LogP contribution is -2.59. The molecule has 2 aliphatic rings. The fraction of sp³-hybridized carbons (Fsp3) is 0.875. The molecule has 1 saturated heterocycles. The molecule has 1 saturated carbocycles. The van der Waals surface area contributed by atoms with Crippen LogP contribution in [0.15, 0.2) is 0 Å². The molecule has 2 fully saturated rings. The summed E-state index contributed by atoms with van der Waals surface area (Å²) in [6.07, 6.45) is 4.29. The highest BCUT2D eigenvalue weighted by molar-refractivity contribution is 5.82. The van der Waals surface area contributed by atoms with E-state index in [2.05, 4.69) is 23.2 Å². The largest absolute Gasteiger partial charge is 0.378 e. The van der Waals surface area contributed by atoms with E-state index in [-0.39, 0.29) is 23.9 Å². The standard InChI is InChI=1S/C16H27N3O2/c1-3-12-5-6-13(10-17)14(9-12)19-7-8-21-11-15(19)16(20)18-4-2/h12-15H,3-9,11H2,1-2H3,(H,18,20). The molecule has 1 N–H and O–H groups in total. The minimum absolute atomic E-state index is 0.0347. The minimum atomic E-state index is -0.241. The average Bonchev–Trinajstić information content (AvgIpc) is 2.54. The number of likely N-dealkylation sites (N-methyl/N-ethyl adjacent to an activating group) is 1. The third-order valence-electron chi connectivity index (χ3n) is 4.92. The van der Waals surface area contributed by atoms with Crippen molar-refractivity contribution in [3.05, 3.63) is 0 Å². The summed E-state index contributed by atoms with van der Waals surface area (Å²) >= 11 is 0. The van der Waals surface area contributed by atoms with Gasteiger partial charge in [0.1, 0.15) is 6.04 Å². The predicted molar refractivity (Wildman–Crippen MR) is 80.5 cm³/mol. The lowest BCUT2D eigenvalue weighted by Gasteiger charge is -2.45. The lowest BCUT2D eigenvalue weighted by atomic mass is 9.76. The molecule has 2 rings (SSSR count). The van der Waals surface area contributed by atoms with Gasteiger partial charge in [0.25, 0.3) is 0 Å². The van der Waals surface area contributed by atoms with Crippen LogP contribution in [-0.2, 0) is 9.53 Å². The van der Waals surface area contributed by atoms with Crippen molar-refractivity contribution in [2.75, 3.05) is 26.3 Å². The first-order chi connectivity index (χ1) is 10.2. The highest BCUT2D eigenvalue weighted by atomic mass is 16.5. The van der Waals surface area contributed by atoms with Crippen molar-refractivity contribution in [1.82, 2.24) is 10.2 Å². The summed E-state index contributed by atoms with van der Waals surface area (Å²) in [4.78, 5) is 14.5. The van der Waals surface area contributed by atoms with Gasteiger partial charge in [-0.1, -0.05) is 13.3 Å². The quantitative estimate of drug-likeness (QED) is 0.854. The van der Waals surface area contributed by atoms with Crippen molar-refractivity contribution in [3.8, 4) is 6.07 Å². The zero-order valence-corrected chi connectivity index (χ0v) is 13.2. The third-order valence-corrected chi connectivity index (χ3v) is 4.92. The molecule has 0 aromatic carbocycles. The van der Waals surface area contributed by atoms with Crippen molar-refractivity contribution in [1.29, 1.82) is 5.26 Å². The Morgan fingerprint density at radius 1 is 1.43 bits per heavy atom. The van der Waals surface area contributed by atoms with Crippen LogP contribution in [0, 0.1) is 23.2 Å². The summed E-state index contributed by atoms with van der Waals surface area (Å²) in [5.74, 6) is 0.757. The van der Waals surface area contributed by atoms with Crippen LogP contribution < -0.4 is 5.32 Å². The van der Waals surface area contributed by atoms with E-state index in [9.17, 15) is 10.1 Å². The van der Waals surface area contributed by atoms with Crippen LogP contribution in [0.25, 0.3) is 0 Å². The predicted octanol–water partition coefficient (Wildman–Crippen LogP) is 1.54. The first kappa shape index (κ1) is 16.3. The molecule has 5 heteroatoms. The summed E-state index contributed by atoms with van der Waals surface area (Å²) in [6, 6.07) is 2.43. The van der Waals surface area contributed by atoms with Crippen LogP contribution in [0.4, 0.5) is 0 Å². The summed E-state index contributed by atoms with van der Waals surface area (Å²) in [6.45, 7) is 6.62. The SMILES string of the molecule is CCNC(=O)C1COCCN1C1CC(CC)CCC1C#N. The van der Waals surface area contributed by atoms with E-state index in [1.807, 2.05) is 6.92 Å². The second kappa shape index (κ2) is 7.77. The Labute approximate surface area is 127 Å². The highest BCUT2D eigenvalue weighted by Gasteiger charge is 2.40. The van der Waals surface area contributed by atoms with Gasteiger partial charge in [-0.3, -0.25) is 9.69 Å². The number of nitriles is 1. The van der Waals surface area contributed by atoms with E-state index >= 15 is 0 Å². The van der Waals surface area contributed by atoms with Crippen molar-refractivity contribution in [2.45, 2.75) is 51.6 Å². The number of nitrogens with one attached hydrogen (secondary N) is 1. The number of nitrogens with zero attached hydrogens (tertiary/aromatic N) is 2. The van der Waals surface area contributed by atoms with E-state index < -0.39 is 0 Å². The van der Waals surface area contributed by atoms with Gasteiger partial charge in [0.15, 0.2) is 0 Å². The van der Waals surface area contributed by atoms with Crippen molar-refractivity contribution < 1.29 is 9.53 Å². The molecule has 118 valence electrons. The lowest BCUT2D eigenvalue weighted by molar-refractivity contribution is -0.136. The van der Waals surface area contributed by atoms with Crippen molar-refractivity contribution >= 4 is 5.91 Å². The maximum Gasteiger partial charge on any atom is 0.239 e. The average molecular weight is 293 g/mol. The molecule has 4 unspecified atom stereocenters. The summed E-state index contributed by atoms with van der Waals surface area (Å²) < 4.78 is 5.51. The third kappa shape index (κ3) is 3.75. The Balaban J connectivity index is 2.13. The van der Waals surface area contributed by atoms with Gasteiger partial charge in [0.2, 0.25) is 5.91 Å². The van der Waals surface area contributed by atoms with E-state index in [4.69, 9.17) is 4.74 Å². The smallest absolute Gasteiger partial charge is 0.239 e. The van der Waals surface area contributed by atoms with E-state index in [0.29, 0.717) is 25.7 Å². The Morgan fingerprint density at radius 3 is 2.90 bits per heavy atom. The van der Waals surface area contributed by atoms with Gasteiger partial charge in [0, 0.05) is 19.1 Å². The van der Waals surface area contributed by atoms with Crippen LogP contribution in [0.2, 0.25) is 0 Å². The number of carbonyl (C=O) groups is 1. The van der Waals surface area contributed by atoms with Gasteiger partial charge in [-0.05, 0) is 32.1 Å². The molecule has 1 amide bonds. The number of hydrogen-bond donors (Lipinski definition) is 1. The normalized spacial score (nSPS) is 34.1. The minimum Gasteiger partial charge on any atom is -0.378 e. The van der Waals surface area contributed by atoms with E-state index in [1.54, 1.807) is 0 Å². The second-order valence-corrected chi connectivity index (χ2v) is 6.11. The summed E-state index contributed by atoms with van der Waals surface area (Å²) in [5.41, 5.74) is 0. The van der Waals surface area contributed by atoms with Crippen molar-refractivity contribution in [2.24, 2.45) is 11.8 Å². The summed E-state index contributed by atoms with van der Waals surface area (Å²) in [5, 5.41) is 12.4. The molecule has 5 nitrogen and oxygen atoms in total. The Kier molecular flexibility index (Phi) is 6.01. The molecule has 0 bridgehead atoms. The molecule has 0 aromatic heterocycles. The Bertz CT molecular complexity index is 393. The van der Waals surface area contributed by atoms with Crippen LogP contribution >= 0.6 is 0 Å². The first-order valence-electron chi connectivity index (χ1n) is 8.22. The number of amides is 1. The number of ether oxygens (including phenoxy) is 1. The van der Waals surface area contributed by atoms with Crippen LogP contribution in [0.3, 0.4) is 0 Å². The molecular weight excluding hydrogens is 266 g/mol. The molecule has 1 heterocycles. The van der Waals surface area contributed by atoms with Gasteiger partial charge in [-0.15, -0.1) is 0 Å². The zero-order chi connectivity index (χ0) is 15.2. The highest BCUT2D eigenvalue weighted by Crippen LogP contribution is 2.35. The maximum absolute atomic E-state index is 12.3. The summed E-state index contributed by atoms with van der Waals surface area (Å²) in [7, 11) is 0. The second-order valence-electron chi connectivity index (χ2n) is 6.11. The number of carbonyl (C=O) groups excluding carboxylic acids is 1. The molecular formula is C16H27N3O2. The van der Waals surface area contributed by atoms with Crippen molar-refractivity contribution in [3.63, 3.8) is 0 Å². The first-order valence-corrected chi connectivity index (χ1v) is 8.22. The molecule has 21 heavy (non-hydrogen) atoms. The molecule has 4 atom stereocenters. The van der Waals surface area contributed by atoms with Gasteiger partial charge in [-0.25, -0.2) is 0 Å². The van der Waals surface area contributed by atoms with Crippen LogP contribution in [0.5, 0.6) is 0 Å². The number of rotatable bonds is 4. The molecule has 1 aliphatic carbocycles. The fourth-order valence-electron chi connectivity index (χ4n) is 3.65. The van der Waals surface area contributed by atoms with E-state index in [0.717, 1.165) is 32.2 Å². The maximum atomic E-state index is 12.3. The number of morpholine rings is 1. The van der Waals surface area contributed by atoms with Gasteiger partial charge in [0.05, 0.1) is 25.2 Å². The van der Waals surface area contributed by atoms with Gasteiger partial charge in [-0.2, -0.15) is 5.26 Å².